The largest absolute Gasteiger partial charge is 0.482 e. The standard InChI is InChI=1S/C18H18N4O3/c1-12(13-7-8-16-15(9-13)20-18(24)11-25-16)21-22-17(23)10-19-14-5-3-2-4-6-14/h2-9,19H,10-11H2,1H3,(H,20,24)(H,22,23)/b21-12-. The molecule has 1 aliphatic heterocycles. The van der Waals surface area contributed by atoms with Crippen LogP contribution in [0.5, 0.6) is 5.75 Å². The third-order valence-electron chi connectivity index (χ3n) is 3.61. The molecule has 0 unspecified atom stereocenters. The van der Waals surface area contributed by atoms with Crippen LogP contribution in [0, 0.1) is 0 Å². The highest BCUT2D eigenvalue weighted by Gasteiger charge is 2.16. The number of rotatable bonds is 5. The molecule has 0 saturated carbocycles. The van der Waals surface area contributed by atoms with Crippen LogP contribution < -0.4 is 20.8 Å². The number of ether oxygens (including phenoxy) is 1. The van der Waals surface area contributed by atoms with Crippen LogP contribution in [0.4, 0.5) is 11.4 Å². The van der Waals surface area contributed by atoms with Crippen LogP contribution >= 0.6 is 0 Å². The Morgan fingerprint density at radius 1 is 1.24 bits per heavy atom. The van der Waals surface area contributed by atoms with Crippen LogP contribution in [0.3, 0.4) is 0 Å². The van der Waals surface area contributed by atoms with Crippen molar-refractivity contribution in [1.29, 1.82) is 0 Å². The lowest BCUT2D eigenvalue weighted by Crippen LogP contribution is -2.27. The minimum Gasteiger partial charge on any atom is -0.482 e. The normalized spacial score (nSPS) is 13.3. The molecule has 0 aromatic heterocycles. The molecule has 0 bridgehead atoms. The van der Waals surface area contributed by atoms with Crippen molar-refractivity contribution < 1.29 is 14.3 Å². The van der Waals surface area contributed by atoms with Crippen molar-refractivity contribution in [3.63, 3.8) is 0 Å². The van der Waals surface area contributed by atoms with E-state index in [-0.39, 0.29) is 25.0 Å². The van der Waals surface area contributed by atoms with Gasteiger partial charge in [0, 0.05) is 5.69 Å². The zero-order valence-electron chi connectivity index (χ0n) is 13.7. The first-order valence-corrected chi connectivity index (χ1v) is 7.81. The minimum atomic E-state index is -0.252. The number of amides is 2. The van der Waals surface area contributed by atoms with Crippen molar-refractivity contribution >= 4 is 28.9 Å². The third-order valence-corrected chi connectivity index (χ3v) is 3.61. The van der Waals surface area contributed by atoms with Gasteiger partial charge >= 0.3 is 0 Å². The van der Waals surface area contributed by atoms with E-state index in [1.165, 1.54) is 0 Å². The number of nitrogens with one attached hydrogen (secondary N) is 3. The highest BCUT2D eigenvalue weighted by atomic mass is 16.5. The van der Waals surface area contributed by atoms with E-state index in [1.807, 2.05) is 36.4 Å². The molecule has 2 amide bonds. The summed E-state index contributed by atoms with van der Waals surface area (Å²) in [7, 11) is 0. The Hall–Kier alpha value is -3.35. The number of hydrazone groups is 1. The van der Waals surface area contributed by atoms with Crippen molar-refractivity contribution in [2.75, 3.05) is 23.8 Å². The van der Waals surface area contributed by atoms with E-state index in [0.717, 1.165) is 11.3 Å². The molecule has 3 rings (SSSR count). The molecule has 2 aromatic rings. The van der Waals surface area contributed by atoms with Gasteiger partial charge in [-0.3, -0.25) is 9.59 Å². The Kier molecular flexibility index (Phi) is 4.94. The van der Waals surface area contributed by atoms with E-state index < -0.39 is 0 Å². The molecular weight excluding hydrogens is 320 g/mol. The summed E-state index contributed by atoms with van der Waals surface area (Å²) >= 11 is 0. The average Bonchev–Trinajstić information content (AvgIpc) is 2.64. The predicted molar refractivity (Wildman–Crippen MR) is 95.9 cm³/mol. The Balaban J connectivity index is 1.59. The summed E-state index contributed by atoms with van der Waals surface area (Å²) in [5.41, 5.74) is 5.37. The monoisotopic (exact) mass is 338 g/mol. The summed E-state index contributed by atoms with van der Waals surface area (Å²) in [6.45, 7) is 1.91. The van der Waals surface area contributed by atoms with Crippen LogP contribution in [0.1, 0.15) is 12.5 Å². The first kappa shape index (κ1) is 16.5. The smallest absolute Gasteiger partial charge is 0.262 e. The molecule has 7 heteroatoms. The maximum atomic E-state index is 11.9. The second-order valence-corrected chi connectivity index (χ2v) is 5.50. The van der Waals surface area contributed by atoms with Crippen molar-refractivity contribution in [3.05, 3.63) is 54.1 Å². The number of fused-ring (bicyclic) bond motifs is 1. The molecule has 0 atom stereocenters. The Morgan fingerprint density at radius 3 is 2.84 bits per heavy atom. The fourth-order valence-electron chi connectivity index (χ4n) is 2.30. The van der Waals surface area contributed by atoms with E-state index in [1.54, 1.807) is 19.1 Å². The van der Waals surface area contributed by atoms with Crippen LogP contribution in [0.2, 0.25) is 0 Å². The summed E-state index contributed by atoms with van der Waals surface area (Å²) in [6, 6.07) is 14.8. The summed E-state index contributed by atoms with van der Waals surface area (Å²) in [4.78, 5) is 23.3. The van der Waals surface area contributed by atoms with Crippen LogP contribution in [0.15, 0.2) is 53.6 Å². The Bertz CT molecular complexity index is 818. The van der Waals surface area contributed by atoms with Crippen molar-refractivity contribution in [2.45, 2.75) is 6.92 Å². The maximum Gasteiger partial charge on any atom is 0.262 e. The fraction of sp³-hybridized carbons (Fsp3) is 0.167. The quantitative estimate of drug-likeness (QED) is 0.574. The molecule has 0 aliphatic carbocycles. The van der Waals surface area contributed by atoms with Crippen LogP contribution in [-0.4, -0.2) is 30.7 Å². The van der Waals surface area contributed by atoms with Crippen LogP contribution in [-0.2, 0) is 9.59 Å². The minimum absolute atomic E-state index is 0.0177. The molecule has 0 radical (unpaired) electrons. The number of hydrogen-bond acceptors (Lipinski definition) is 5. The second kappa shape index (κ2) is 7.48. The summed E-state index contributed by atoms with van der Waals surface area (Å²) in [5.74, 6) is 0.171. The average molecular weight is 338 g/mol. The lowest BCUT2D eigenvalue weighted by Gasteiger charge is -2.18. The predicted octanol–water partition coefficient (Wildman–Crippen LogP) is 1.97. The Labute approximate surface area is 145 Å². The number of carbonyl (C=O) groups excluding carboxylic acids is 2. The zero-order valence-corrected chi connectivity index (χ0v) is 13.7. The second-order valence-electron chi connectivity index (χ2n) is 5.50. The third kappa shape index (κ3) is 4.35. The summed E-state index contributed by atoms with van der Waals surface area (Å²) < 4.78 is 5.31. The molecule has 0 saturated heterocycles. The number of anilines is 2. The molecule has 128 valence electrons. The van der Waals surface area contributed by atoms with Gasteiger partial charge in [-0.05, 0) is 42.8 Å². The highest BCUT2D eigenvalue weighted by molar-refractivity contribution is 6.02. The fourth-order valence-corrected chi connectivity index (χ4v) is 2.30. The topological polar surface area (TPSA) is 91.8 Å². The number of benzene rings is 2. The van der Waals surface area contributed by atoms with Crippen molar-refractivity contribution in [2.24, 2.45) is 5.10 Å². The molecule has 7 nitrogen and oxygen atoms in total. The number of carbonyl (C=O) groups is 2. The molecule has 1 heterocycles. The van der Waals surface area contributed by atoms with Crippen molar-refractivity contribution in [3.8, 4) is 5.75 Å². The van der Waals surface area contributed by atoms with Gasteiger partial charge in [-0.2, -0.15) is 5.10 Å². The van der Waals surface area contributed by atoms with E-state index in [2.05, 4.69) is 21.2 Å². The van der Waals surface area contributed by atoms with Gasteiger partial charge in [0.25, 0.3) is 11.8 Å². The van der Waals surface area contributed by atoms with E-state index >= 15 is 0 Å². The maximum absolute atomic E-state index is 11.9. The van der Waals surface area contributed by atoms with Gasteiger partial charge in [-0.15, -0.1) is 0 Å². The van der Waals surface area contributed by atoms with Gasteiger partial charge in [0.2, 0.25) is 0 Å². The van der Waals surface area contributed by atoms with Gasteiger partial charge in [0.05, 0.1) is 17.9 Å². The molecular formula is C18H18N4O3. The molecule has 3 N–H and O–H groups in total. The van der Waals surface area contributed by atoms with Gasteiger partial charge in [-0.25, -0.2) is 5.43 Å². The van der Waals surface area contributed by atoms with Crippen molar-refractivity contribution in [1.82, 2.24) is 5.43 Å². The van der Waals surface area contributed by atoms with Crippen LogP contribution in [0.25, 0.3) is 0 Å². The van der Waals surface area contributed by atoms with Gasteiger partial charge in [0.15, 0.2) is 6.61 Å². The number of para-hydroxylation sites is 1. The number of nitrogens with zero attached hydrogens (tertiary/aromatic N) is 1. The molecule has 0 spiro atoms. The molecule has 0 fully saturated rings. The Morgan fingerprint density at radius 2 is 2.04 bits per heavy atom. The van der Waals surface area contributed by atoms with E-state index in [0.29, 0.717) is 17.1 Å². The summed E-state index contributed by atoms with van der Waals surface area (Å²) in [6.07, 6.45) is 0. The molecule has 1 aliphatic rings. The van der Waals surface area contributed by atoms with E-state index in [9.17, 15) is 9.59 Å². The van der Waals surface area contributed by atoms with Gasteiger partial charge in [-0.1, -0.05) is 18.2 Å². The van der Waals surface area contributed by atoms with Gasteiger partial charge in [0.1, 0.15) is 5.75 Å². The lowest BCUT2D eigenvalue weighted by molar-refractivity contribution is -0.119. The summed E-state index contributed by atoms with van der Waals surface area (Å²) in [5, 5.41) is 9.85. The zero-order chi connectivity index (χ0) is 17.6. The first-order chi connectivity index (χ1) is 12.1. The number of hydrogen-bond donors (Lipinski definition) is 3. The highest BCUT2D eigenvalue weighted by Crippen LogP contribution is 2.28. The first-order valence-electron chi connectivity index (χ1n) is 7.81. The SMILES string of the molecule is C/C(=N/NC(=O)CNc1ccccc1)c1ccc2c(c1)NC(=O)CO2. The lowest BCUT2D eigenvalue weighted by atomic mass is 10.1. The molecule has 2 aromatic carbocycles. The molecule has 25 heavy (non-hydrogen) atoms. The van der Waals surface area contributed by atoms with E-state index in [4.69, 9.17) is 4.74 Å². The van der Waals surface area contributed by atoms with Gasteiger partial charge < -0.3 is 15.4 Å².